The largest absolute Gasteiger partial charge is 0.383 e. The van der Waals surface area contributed by atoms with Gasteiger partial charge in [0.1, 0.15) is 11.6 Å². The van der Waals surface area contributed by atoms with E-state index in [0.29, 0.717) is 23.5 Å². The summed E-state index contributed by atoms with van der Waals surface area (Å²) < 4.78 is 27.3. The number of benzene rings is 2. The Morgan fingerprint density at radius 1 is 1.05 bits per heavy atom. The zero-order chi connectivity index (χ0) is 26.5. The molecule has 8 heteroatoms. The number of amides is 1. The van der Waals surface area contributed by atoms with Crippen LogP contribution in [-0.2, 0) is 22.6 Å². The number of aromatic nitrogens is 1. The molecule has 3 atom stereocenters. The number of anilines is 1. The van der Waals surface area contributed by atoms with E-state index in [9.17, 15) is 18.4 Å². The molecule has 1 amide bonds. The molecule has 1 aliphatic rings. The van der Waals surface area contributed by atoms with Crippen LogP contribution in [0.1, 0.15) is 50.7 Å². The Kier molecular flexibility index (Phi) is 8.48. The highest BCUT2D eigenvalue weighted by Crippen LogP contribution is 2.24. The zero-order valence-corrected chi connectivity index (χ0v) is 21.3. The van der Waals surface area contributed by atoms with Gasteiger partial charge in [0.15, 0.2) is 11.6 Å². The van der Waals surface area contributed by atoms with Crippen molar-refractivity contribution in [2.75, 3.05) is 12.3 Å². The summed E-state index contributed by atoms with van der Waals surface area (Å²) in [5.74, 6) is -2.50. The lowest BCUT2D eigenvalue weighted by Gasteiger charge is -2.38. The van der Waals surface area contributed by atoms with Crippen LogP contribution in [0.15, 0.2) is 48.7 Å². The third-order valence-electron chi connectivity index (χ3n) is 7.37. The van der Waals surface area contributed by atoms with E-state index >= 15 is 0 Å². The van der Waals surface area contributed by atoms with Crippen LogP contribution in [0.4, 0.5) is 14.6 Å². The lowest BCUT2D eigenvalue weighted by Crippen LogP contribution is -2.46. The number of hydrogen-bond donors (Lipinski definition) is 2. The fraction of sp³-hybridized carbons (Fsp3) is 0.414. The summed E-state index contributed by atoms with van der Waals surface area (Å²) in [6, 6.07) is 11.7. The molecule has 0 bridgehead atoms. The fourth-order valence-corrected chi connectivity index (χ4v) is 5.23. The van der Waals surface area contributed by atoms with Gasteiger partial charge in [0.05, 0.1) is 6.54 Å². The molecule has 0 unspecified atom stereocenters. The predicted octanol–water partition coefficient (Wildman–Crippen LogP) is 4.79. The molecule has 196 valence electrons. The molecule has 1 saturated heterocycles. The third kappa shape index (κ3) is 6.68. The summed E-state index contributed by atoms with van der Waals surface area (Å²) in [7, 11) is 0. The van der Waals surface area contributed by atoms with E-state index in [1.165, 1.54) is 6.07 Å². The number of rotatable bonds is 9. The Morgan fingerprint density at radius 3 is 2.51 bits per heavy atom. The minimum absolute atomic E-state index is 0.0285. The minimum Gasteiger partial charge on any atom is -0.383 e. The Labute approximate surface area is 216 Å². The molecule has 1 aliphatic heterocycles. The van der Waals surface area contributed by atoms with Crippen LogP contribution >= 0.6 is 0 Å². The second-order valence-corrected chi connectivity index (χ2v) is 10.2. The first-order valence-corrected chi connectivity index (χ1v) is 12.8. The smallest absolute Gasteiger partial charge is 0.224 e. The molecule has 0 aliphatic carbocycles. The number of Topliss-reactive ketones (excluding diaryl/α,β-unsaturated/α-hetero) is 1. The number of hydrogen-bond acceptors (Lipinski definition) is 5. The van der Waals surface area contributed by atoms with Gasteiger partial charge >= 0.3 is 0 Å². The van der Waals surface area contributed by atoms with Crippen molar-refractivity contribution in [1.82, 2.24) is 15.2 Å². The van der Waals surface area contributed by atoms with E-state index in [2.05, 4.69) is 29.0 Å². The normalized spacial score (nSPS) is 19.0. The molecule has 1 aromatic heterocycles. The van der Waals surface area contributed by atoms with Crippen molar-refractivity contribution in [3.8, 4) is 0 Å². The first-order chi connectivity index (χ1) is 17.7. The van der Waals surface area contributed by atoms with Crippen LogP contribution in [0.2, 0.25) is 0 Å². The van der Waals surface area contributed by atoms with Crippen molar-refractivity contribution in [1.29, 1.82) is 0 Å². The van der Waals surface area contributed by atoms with Gasteiger partial charge in [-0.2, -0.15) is 0 Å². The maximum Gasteiger partial charge on any atom is 0.224 e. The molecule has 2 aromatic carbocycles. The van der Waals surface area contributed by atoms with Gasteiger partial charge in [0.2, 0.25) is 5.91 Å². The summed E-state index contributed by atoms with van der Waals surface area (Å²) in [4.78, 5) is 32.7. The quantitative estimate of drug-likeness (QED) is 0.434. The van der Waals surface area contributed by atoms with Gasteiger partial charge in [-0.1, -0.05) is 24.6 Å². The summed E-state index contributed by atoms with van der Waals surface area (Å²) in [5, 5.41) is 4.68. The van der Waals surface area contributed by atoms with Crippen molar-refractivity contribution in [2.24, 2.45) is 5.92 Å². The van der Waals surface area contributed by atoms with Crippen LogP contribution in [0.5, 0.6) is 0 Å². The van der Waals surface area contributed by atoms with E-state index in [1.807, 2.05) is 24.3 Å². The van der Waals surface area contributed by atoms with Crippen LogP contribution in [0.25, 0.3) is 10.8 Å². The van der Waals surface area contributed by atoms with E-state index in [0.717, 1.165) is 47.7 Å². The number of pyridine rings is 1. The molecule has 0 spiro atoms. The number of halogens is 2. The van der Waals surface area contributed by atoms with Gasteiger partial charge in [-0.25, -0.2) is 13.8 Å². The highest BCUT2D eigenvalue weighted by molar-refractivity contribution is 5.91. The van der Waals surface area contributed by atoms with Gasteiger partial charge in [0, 0.05) is 42.6 Å². The number of nitrogens with one attached hydrogen (secondary N) is 1. The van der Waals surface area contributed by atoms with Crippen LogP contribution in [-0.4, -0.2) is 40.2 Å². The second-order valence-electron chi connectivity index (χ2n) is 10.2. The maximum atomic E-state index is 13.9. The number of fused-ring (bicyclic) bond motifs is 1. The number of nitrogen functional groups attached to an aromatic ring is 1. The molecule has 0 radical (unpaired) electrons. The number of carbonyl (C=O) groups excluding carboxylic acids is 2. The molecule has 3 aromatic rings. The topological polar surface area (TPSA) is 88.3 Å². The first-order valence-electron chi connectivity index (χ1n) is 12.8. The Hall–Kier alpha value is -3.39. The molecule has 0 saturated carbocycles. The Bertz CT molecular complexity index is 1270. The van der Waals surface area contributed by atoms with Crippen LogP contribution < -0.4 is 11.1 Å². The highest BCUT2D eigenvalue weighted by Gasteiger charge is 2.29. The Balaban J connectivity index is 1.47. The number of ketones is 1. The summed E-state index contributed by atoms with van der Waals surface area (Å²) in [6.45, 7) is 4.80. The standard InChI is InChI=1S/C29H34F2N4O2/c1-18-4-3-5-19(2)35(18)17-24(36)15-23(12-20-7-9-26(30)27(31)14-20)29(37)34-16-21-6-8-25-22(13-21)10-11-33-28(25)32/h6-11,13-14,18-19,23H,3-5,12,15-17H2,1-2H3,(H2,32,33)(H,34,37)/t18-,19+,23-/m0/s1. The first kappa shape index (κ1) is 26.7. The minimum atomic E-state index is -0.969. The van der Waals surface area contributed by atoms with E-state index in [4.69, 9.17) is 5.73 Å². The van der Waals surface area contributed by atoms with Crippen LogP contribution in [0.3, 0.4) is 0 Å². The predicted molar refractivity (Wildman–Crippen MR) is 141 cm³/mol. The van der Waals surface area contributed by atoms with Gasteiger partial charge in [0.25, 0.3) is 0 Å². The third-order valence-corrected chi connectivity index (χ3v) is 7.37. The van der Waals surface area contributed by atoms with Gasteiger partial charge < -0.3 is 11.1 Å². The average molecular weight is 509 g/mol. The van der Waals surface area contributed by atoms with Crippen molar-refractivity contribution in [3.05, 3.63) is 71.4 Å². The van der Waals surface area contributed by atoms with Crippen molar-refractivity contribution < 1.29 is 18.4 Å². The molecule has 6 nitrogen and oxygen atoms in total. The number of nitrogens with two attached hydrogens (primary N) is 1. The molecular formula is C29H34F2N4O2. The number of carbonyl (C=O) groups is 2. The van der Waals surface area contributed by atoms with Crippen LogP contribution in [0, 0.1) is 17.6 Å². The summed E-state index contributed by atoms with van der Waals surface area (Å²) in [5.41, 5.74) is 7.27. The lowest BCUT2D eigenvalue weighted by atomic mass is 9.91. The summed E-state index contributed by atoms with van der Waals surface area (Å²) in [6.07, 6.45) is 5.04. The van der Waals surface area contributed by atoms with Crippen molar-refractivity contribution >= 4 is 28.3 Å². The fourth-order valence-electron chi connectivity index (χ4n) is 5.23. The molecule has 37 heavy (non-hydrogen) atoms. The highest BCUT2D eigenvalue weighted by atomic mass is 19.2. The lowest BCUT2D eigenvalue weighted by molar-refractivity contribution is -0.130. The average Bonchev–Trinajstić information content (AvgIpc) is 2.87. The molecule has 1 fully saturated rings. The molecule has 4 rings (SSSR count). The second kappa shape index (κ2) is 11.8. The molecular weight excluding hydrogens is 474 g/mol. The van der Waals surface area contributed by atoms with Crippen molar-refractivity contribution in [3.63, 3.8) is 0 Å². The monoisotopic (exact) mass is 508 g/mol. The van der Waals surface area contributed by atoms with E-state index < -0.39 is 17.6 Å². The maximum absolute atomic E-state index is 13.9. The van der Waals surface area contributed by atoms with Gasteiger partial charge in [-0.15, -0.1) is 0 Å². The van der Waals surface area contributed by atoms with Gasteiger partial charge in [-0.05, 0) is 73.9 Å². The molecule has 2 heterocycles. The number of nitrogens with zero attached hydrogens (tertiary/aromatic N) is 2. The van der Waals surface area contributed by atoms with E-state index in [1.54, 1.807) is 6.20 Å². The SMILES string of the molecule is C[C@@H]1CCC[C@H](C)N1CC(=O)C[C@H](Cc1ccc(F)c(F)c1)C(=O)NCc1ccc2c(N)nccc2c1. The number of piperidine rings is 1. The zero-order valence-electron chi connectivity index (χ0n) is 21.3. The molecule has 3 N–H and O–H groups in total. The van der Waals surface area contributed by atoms with Crippen molar-refractivity contribution in [2.45, 2.75) is 64.6 Å². The van der Waals surface area contributed by atoms with Gasteiger partial charge in [-0.3, -0.25) is 14.5 Å². The van der Waals surface area contributed by atoms with E-state index in [-0.39, 0.29) is 37.6 Å². The summed E-state index contributed by atoms with van der Waals surface area (Å²) >= 11 is 0. The number of likely N-dealkylation sites (tertiary alicyclic amines) is 1. The Morgan fingerprint density at radius 2 is 1.78 bits per heavy atom.